The number of hydrogen-bond acceptors (Lipinski definition) is 3. The van der Waals surface area contributed by atoms with Crippen molar-refractivity contribution in [2.24, 2.45) is 0 Å². The SMILES string of the molecule is CCCCc1ccc(NCc2nccs2)cc1. The van der Waals surface area contributed by atoms with Gasteiger partial charge in [-0.25, -0.2) is 4.98 Å². The lowest BCUT2D eigenvalue weighted by Crippen LogP contribution is -1.98. The highest BCUT2D eigenvalue weighted by Crippen LogP contribution is 2.13. The fourth-order valence-electron chi connectivity index (χ4n) is 1.69. The Morgan fingerprint density at radius 1 is 1.24 bits per heavy atom. The zero-order chi connectivity index (χ0) is 11.9. The van der Waals surface area contributed by atoms with Gasteiger partial charge in [0.05, 0.1) is 6.54 Å². The van der Waals surface area contributed by atoms with Crippen molar-refractivity contribution < 1.29 is 0 Å². The first-order chi connectivity index (χ1) is 8.38. The molecule has 0 atom stereocenters. The molecule has 2 rings (SSSR count). The van der Waals surface area contributed by atoms with Gasteiger partial charge in [0.15, 0.2) is 0 Å². The quantitative estimate of drug-likeness (QED) is 0.830. The van der Waals surface area contributed by atoms with E-state index < -0.39 is 0 Å². The van der Waals surface area contributed by atoms with Gasteiger partial charge in [0.1, 0.15) is 5.01 Å². The van der Waals surface area contributed by atoms with Crippen molar-refractivity contribution in [3.05, 3.63) is 46.4 Å². The Kier molecular flexibility index (Phi) is 4.56. The molecule has 0 amide bonds. The summed E-state index contributed by atoms with van der Waals surface area (Å²) < 4.78 is 0. The van der Waals surface area contributed by atoms with E-state index in [1.165, 1.54) is 30.5 Å². The Morgan fingerprint density at radius 2 is 2.06 bits per heavy atom. The lowest BCUT2D eigenvalue weighted by atomic mass is 10.1. The van der Waals surface area contributed by atoms with Gasteiger partial charge in [-0.15, -0.1) is 11.3 Å². The number of nitrogens with zero attached hydrogens (tertiary/aromatic N) is 1. The summed E-state index contributed by atoms with van der Waals surface area (Å²) in [5.41, 5.74) is 2.59. The van der Waals surface area contributed by atoms with Crippen molar-refractivity contribution in [2.75, 3.05) is 5.32 Å². The minimum atomic E-state index is 0.811. The minimum Gasteiger partial charge on any atom is -0.379 e. The Balaban J connectivity index is 1.85. The summed E-state index contributed by atoms with van der Waals surface area (Å²) in [4.78, 5) is 4.25. The molecular formula is C14H18N2S. The molecule has 1 heterocycles. The normalized spacial score (nSPS) is 10.4. The number of anilines is 1. The molecule has 0 saturated heterocycles. The molecular weight excluding hydrogens is 228 g/mol. The molecule has 0 unspecified atom stereocenters. The third-order valence-corrected chi connectivity index (χ3v) is 3.48. The van der Waals surface area contributed by atoms with Crippen LogP contribution in [-0.4, -0.2) is 4.98 Å². The molecule has 0 aliphatic carbocycles. The zero-order valence-corrected chi connectivity index (χ0v) is 11.0. The maximum atomic E-state index is 4.25. The van der Waals surface area contributed by atoms with E-state index >= 15 is 0 Å². The third kappa shape index (κ3) is 3.86. The molecule has 0 saturated carbocycles. The largest absolute Gasteiger partial charge is 0.379 e. The van der Waals surface area contributed by atoms with E-state index in [-0.39, 0.29) is 0 Å². The van der Waals surface area contributed by atoms with Crippen LogP contribution >= 0.6 is 11.3 Å². The number of thiazole rings is 1. The number of hydrogen-bond donors (Lipinski definition) is 1. The molecule has 0 spiro atoms. The average Bonchev–Trinajstić information content (AvgIpc) is 2.88. The van der Waals surface area contributed by atoms with E-state index in [4.69, 9.17) is 0 Å². The highest BCUT2D eigenvalue weighted by molar-refractivity contribution is 7.09. The standard InChI is InChI=1S/C14H18N2S/c1-2-3-4-12-5-7-13(8-6-12)16-11-14-15-9-10-17-14/h5-10,16H,2-4,11H2,1H3. The monoisotopic (exact) mass is 246 g/mol. The molecule has 1 aromatic carbocycles. The summed E-state index contributed by atoms with van der Waals surface area (Å²) in [6.45, 7) is 3.04. The van der Waals surface area contributed by atoms with Crippen LogP contribution in [0.1, 0.15) is 30.3 Å². The molecule has 2 aromatic rings. The summed E-state index contributed by atoms with van der Waals surface area (Å²) in [7, 11) is 0. The average molecular weight is 246 g/mol. The molecule has 0 bridgehead atoms. The van der Waals surface area contributed by atoms with Crippen molar-refractivity contribution in [3.63, 3.8) is 0 Å². The fourth-order valence-corrected chi connectivity index (χ4v) is 2.24. The van der Waals surface area contributed by atoms with Crippen LogP contribution in [0, 0.1) is 0 Å². The Bertz CT molecular complexity index is 420. The van der Waals surface area contributed by atoms with E-state index in [1.54, 1.807) is 11.3 Å². The van der Waals surface area contributed by atoms with Gasteiger partial charge < -0.3 is 5.32 Å². The maximum Gasteiger partial charge on any atom is 0.112 e. The molecule has 0 aliphatic heterocycles. The number of benzene rings is 1. The minimum absolute atomic E-state index is 0.811. The summed E-state index contributed by atoms with van der Waals surface area (Å²) in [6.07, 6.45) is 5.55. The van der Waals surface area contributed by atoms with Crippen LogP contribution in [0.5, 0.6) is 0 Å². The van der Waals surface area contributed by atoms with Crippen LogP contribution in [0.3, 0.4) is 0 Å². The molecule has 3 heteroatoms. The van der Waals surface area contributed by atoms with Crippen LogP contribution in [-0.2, 0) is 13.0 Å². The predicted octanol–water partition coefficient (Wildman–Crippen LogP) is 4.10. The Labute approximate surface area is 107 Å². The van der Waals surface area contributed by atoms with E-state index in [1.807, 2.05) is 11.6 Å². The van der Waals surface area contributed by atoms with Crippen molar-refractivity contribution in [2.45, 2.75) is 32.7 Å². The number of rotatable bonds is 6. The first kappa shape index (κ1) is 12.1. The molecule has 17 heavy (non-hydrogen) atoms. The number of nitrogens with one attached hydrogen (secondary N) is 1. The van der Waals surface area contributed by atoms with E-state index in [2.05, 4.69) is 41.5 Å². The van der Waals surface area contributed by atoms with Gasteiger partial charge >= 0.3 is 0 Å². The van der Waals surface area contributed by atoms with Crippen LogP contribution < -0.4 is 5.32 Å². The number of unbranched alkanes of at least 4 members (excludes halogenated alkanes) is 1. The van der Waals surface area contributed by atoms with Crippen LogP contribution in [0.15, 0.2) is 35.8 Å². The zero-order valence-electron chi connectivity index (χ0n) is 10.1. The third-order valence-electron chi connectivity index (χ3n) is 2.70. The number of aromatic nitrogens is 1. The molecule has 0 fully saturated rings. The van der Waals surface area contributed by atoms with Crippen molar-refractivity contribution in [1.29, 1.82) is 0 Å². The van der Waals surface area contributed by atoms with Gasteiger partial charge in [-0.2, -0.15) is 0 Å². The van der Waals surface area contributed by atoms with E-state index in [0.29, 0.717) is 0 Å². The van der Waals surface area contributed by atoms with Gasteiger partial charge in [0.2, 0.25) is 0 Å². The number of aryl methyl sites for hydroxylation is 1. The van der Waals surface area contributed by atoms with Gasteiger partial charge in [0.25, 0.3) is 0 Å². The first-order valence-electron chi connectivity index (χ1n) is 6.09. The highest BCUT2D eigenvalue weighted by atomic mass is 32.1. The second kappa shape index (κ2) is 6.40. The summed E-state index contributed by atoms with van der Waals surface area (Å²) in [6, 6.07) is 8.72. The van der Waals surface area contributed by atoms with Gasteiger partial charge in [0, 0.05) is 17.3 Å². The second-order valence-corrected chi connectivity index (χ2v) is 5.06. The summed E-state index contributed by atoms with van der Waals surface area (Å²) >= 11 is 1.68. The smallest absolute Gasteiger partial charge is 0.112 e. The molecule has 2 nitrogen and oxygen atoms in total. The van der Waals surface area contributed by atoms with Gasteiger partial charge in [-0.1, -0.05) is 25.5 Å². The summed E-state index contributed by atoms with van der Waals surface area (Å²) in [5.74, 6) is 0. The van der Waals surface area contributed by atoms with Gasteiger partial charge in [-0.05, 0) is 30.5 Å². The first-order valence-corrected chi connectivity index (χ1v) is 6.97. The molecule has 0 aliphatic rings. The topological polar surface area (TPSA) is 24.9 Å². The Hall–Kier alpha value is -1.35. The molecule has 1 aromatic heterocycles. The van der Waals surface area contributed by atoms with Crippen LogP contribution in [0.4, 0.5) is 5.69 Å². The van der Waals surface area contributed by atoms with Crippen molar-refractivity contribution >= 4 is 17.0 Å². The Morgan fingerprint density at radius 3 is 2.71 bits per heavy atom. The van der Waals surface area contributed by atoms with Gasteiger partial charge in [-0.3, -0.25) is 0 Å². The molecule has 90 valence electrons. The molecule has 0 radical (unpaired) electrons. The predicted molar refractivity (Wildman–Crippen MR) is 74.5 cm³/mol. The maximum absolute atomic E-state index is 4.25. The highest BCUT2D eigenvalue weighted by Gasteiger charge is 1.97. The lowest BCUT2D eigenvalue weighted by Gasteiger charge is -2.05. The summed E-state index contributed by atoms with van der Waals surface area (Å²) in [5, 5.41) is 6.51. The van der Waals surface area contributed by atoms with Crippen molar-refractivity contribution in [3.8, 4) is 0 Å². The fraction of sp³-hybridized carbons (Fsp3) is 0.357. The van der Waals surface area contributed by atoms with E-state index in [9.17, 15) is 0 Å². The lowest BCUT2D eigenvalue weighted by molar-refractivity contribution is 0.795. The van der Waals surface area contributed by atoms with Crippen molar-refractivity contribution in [1.82, 2.24) is 4.98 Å². The molecule has 1 N–H and O–H groups in total. The second-order valence-electron chi connectivity index (χ2n) is 4.08. The van der Waals surface area contributed by atoms with Crippen LogP contribution in [0.2, 0.25) is 0 Å². The van der Waals surface area contributed by atoms with E-state index in [0.717, 1.165) is 11.6 Å². The van der Waals surface area contributed by atoms with Crippen LogP contribution in [0.25, 0.3) is 0 Å².